The molecule has 0 fully saturated rings. The smallest absolute Gasteiger partial charge is 0.244 e. The summed E-state index contributed by atoms with van der Waals surface area (Å²) < 4.78 is 40.6. The fourth-order valence-electron chi connectivity index (χ4n) is 2.86. The van der Waals surface area contributed by atoms with Crippen molar-refractivity contribution in [3.8, 4) is 5.75 Å². The van der Waals surface area contributed by atoms with E-state index in [0.29, 0.717) is 11.5 Å². The number of aryl methyl sites for hydroxylation is 2. The van der Waals surface area contributed by atoms with E-state index in [4.69, 9.17) is 9.15 Å². The van der Waals surface area contributed by atoms with E-state index in [1.165, 1.54) is 13.2 Å². The minimum atomic E-state index is -3.76. The topological polar surface area (TPSA) is 86.4 Å². The second-order valence-corrected chi connectivity index (χ2v) is 7.64. The van der Waals surface area contributed by atoms with Crippen LogP contribution in [0.3, 0.4) is 0 Å². The van der Waals surface area contributed by atoms with Crippen molar-refractivity contribution in [3.05, 3.63) is 65.9 Å². The third-order valence-electron chi connectivity index (χ3n) is 4.04. The zero-order valence-electron chi connectivity index (χ0n) is 14.8. The lowest BCUT2D eigenvalue weighted by atomic mass is 10.2. The van der Waals surface area contributed by atoms with Gasteiger partial charge in [-0.15, -0.1) is 0 Å². The van der Waals surface area contributed by atoms with Crippen LogP contribution in [0.4, 0.5) is 0 Å². The number of rotatable bonds is 7. The summed E-state index contributed by atoms with van der Waals surface area (Å²) in [6.07, 6.45) is 1.56. The molecule has 0 saturated carbocycles. The first kappa shape index (κ1) is 18.2. The van der Waals surface area contributed by atoms with Gasteiger partial charge in [0.05, 0.1) is 19.1 Å². The van der Waals surface area contributed by atoms with Crippen molar-refractivity contribution in [1.29, 1.82) is 0 Å². The average Bonchev–Trinajstić information content (AvgIpc) is 3.25. The number of sulfonamides is 1. The first-order chi connectivity index (χ1) is 12.4. The minimum absolute atomic E-state index is 0.0917. The molecule has 0 bridgehead atoms. The zero-order valence-corrected chi connectivity index (χ0v) is 15.7. The third kappa shape index (κ3) is 3.66. The molecule has 3 aromatic rings. The Balaban J connectivity index is 1.90. The first-order valence-electron chi connectivity index (χ1n) is 8.11. The molecule has 1 unspecified atom stereocenters. The summed E-state index contributed by atoms with van der Waals surface area (Å²) in [5.74, 6) is 0.916. The van der Waals surface area contributed by atoms with Crippen LogP contribution >= 0.6 is 0 Å². The molecule has 138 valence electrons. The first-order valence-corrected chi connectivity index (χ1v) is 9.59. The Bertz CT molecular complexity index is 978. The number of ether oxygens (including phenoxy) is 1. The van der Waals surface area contributed by atoms with Crippen molar-refractivity contribution in [1.82, 2.24) is 14.5 Å². The van der Waals surface area contributed by atoms with Crippen molar-refractivity contribution in [3.63, 3.8) is 0 Å². The van der Waals surface area contributed by atoms with Gasteiger partial charge in [0.25, 0.3) is 0 Å². The van der Waals surface area contributed by atoms with Gasteiger partial charge >= 0.3 is 0 Å². The molecule has 0 aliphatic carbocycles. The van der Waals surface area contributed by atoms with Crippen molar-refractivity contribution in [2.45, 2.75) is 24.8 Å². The van der Waals surface area contributed by atoms with Crippen LogP contribution < -0.4 is 9.46 Å². The maximum absolute atomic E-state index is 12.8. The molecule has 1 aromatic carbocycles. The van der Waals surface area contributed by atoms with Gasteiger partial charge in [-0.2, -0.15) is 5.10 Å². The predicted molar refractivity (Wildman–Crippen MR) is 96.7 cm³/mol. The van der Waals surface area contributed by atoms with Crippen molar-refractivity contribution < 1.29 is 17.6 Å². The minimum Gasteiger partial charge on any atom is -0.495 e. The summed E-state index contributed by atoms with van der Waals surface area (Å²) in [6.45, 7) is 3.90. The Labute approximate surface area is 152 Å². The Hall–Kier alpha value is -2.58. The quantitative estimate of drug-likeness (QED) is 0.686. The highest BCUT2D eigenvalue weighted by Gasteiger charge is 2.25. The Morgan fingerprint density at radius 3 is 2.62 bits per heavy atom. The summed E-state index contributed by atoms with van der Waals surface area (Å²) >= 11 is 0. The van der Waals surface area contributed by atoms with Crippen molar-refractivity contribution in [2.24, 2.45) is 0 Å². The Kier molecular flexibility index (Phi) is 5.15. The lowest BCUT2D eigenvalue weighted by Crippen LogP contribution is -2.32. The fourth-order valence-corrected chi connectivity index (χ4v) is 4.06. The van der Waals surface area contributed by atoms with Crippen LogP contribution in [0.15, 0.2) is 58.0 Å². The third-order valence-corrected chi connectivity index (χ3v) is 5.50. The normalized spacial score (nSPS) is 12.9. The molecular formula is C18H21N3O4S. The molecule has 8 heteroatoms. The van der Waals surface area contributed by atoms with E-state index in [1.807, 2.05) is 19.9 Å². The second-order valence-electron chi connectivity index (χ2n) is 5.91. The molecule has 0 amide bonds. The van der Waals surface area contributed by atoms with Crippen LogP contribution in [-0.4, -0.2) is 31.9 Å². The number of furan rings is 1. The monoisotopic (exact) mass is 375 g/mol. The highest BCUT2D eigenvalue weighted by molar-refractivity contribution is 7.89. The number of methoxy groups -OCH3 is 1. The number of hydrogen-bond donors (Lipinski definition) is 1. The van der Waals surface area contributed by atoms with Gasteiger partial charge in [-0.3, -0.25) is 4.68 Å². The van der Waals surface area contributed by atoms with Crippen LogP contribution in [0.2, 0.25) is 0 Å². The molecule has 1 N–H and O–H groups in total. The van der Waals surface area contributed by atoms with Gasteiger partial charge in [0.15, 0.2) is 0 Å². The average molecular weight is 375 g/mol. The SMILES string of the molecule is COc1ccccc1S(=O)(=O)NCC(c1ccco1)n1nc(C)cc1C. The van der Waals surface area contributed by atoms with Crippen LogP contribution in [0.25, 0.3) is 0 Å². The highest BCUT2D eigenvalue weighted by Crippen LogP contribution is 2.24. The van der Waals surface area contributed by atoms with E-state index < -0.39 is 16.1 Å². The molecular weight excluding hydrogens is 354 g/mol. The van der Waals surface area contributed by atoms with Gasteiger partial charge in [-0.25, -0.2) is 13.1 Å². The van der Waals surface area contributed by atoms with Gasteiger partial charge in [0.1, 0.15) is 22.4 Å². The number of benzene rings is 1. The van der Waals surface area contributed by atoms with Gasteiger partial charge in [0.2, 0.25) is 10.0 Å². The predicted octanol–water partition coefficient (Wildman–Crippen LogP) is 2.67. The van der Waals surface area contributed by atoms with E-state index in [2.05, 4.69) is 9.82 Å². The van der Waals surface area contributed by atoms with Gasteiger partial charge in [0, 0.05) is 12.2 Å². The highest BCUT2D eigenvalue weighted by atomic mass is 32.2. The van der Waals surface area contributed by atoms with E-state index in [-0.39, 0.29) is 11.4 Å². The molecule has 1 atom stereocenters. The van der Waals surface area contributed by atoms with E-state index in [9.17, 15) is 8.42 Å². The van der Waals surface area contributed by atoms with Crippen LogP contribution in [0, 0.1) is 13.8 Å². The summed E-state index contributed by atoms with van der Waals surface area (Å²) in [7, 11) is -2.32. The lowest BCUT2D eigenvalue weighted by Gasteiger charge is -2.18. The summed E-state index contributed by atoms with van der Waals surface area (Å²) in [6, 6.07) is 11.6. The van der Waals surface area contributed by atoms with Crippen molar-refractivity contribution >= 4 is 10.0 Å². The van der Waals surface area contributed by atoms with Gasteiger partial charge in [-0.05, 0) is 44.2 Å². The molecule has 0 aliphatic rings. The molecule has 0 spiro atoms. The van der Waals surface area contributed by atoms with Crippen molar-refractivity contribution in [2.75, 3.05) is 13.7 Å². The van der Waals surface area contributed by atoms with E-state index >= 15 is 0 Å². The molecule has 7 nitrogen and oxygen atoms in total. The molecule has 0 aliphatic heterocycles. The van der Waals surface area contributed by atoms with Gasteiger partial charge in [-0.1, -0.05) is 12.1 Å². The summed E-state index contributed by atoms with van der Waals surface area (Å²) in [5.41, 5.74) is 1.77. The lowest BCUT2D eigenvalue weighted by molar-refractivity contribution is 0.393. The van der Waals surface area contributed by atoms with E-state index in [1.54, 1.807) is 41.3 Å². The number of aromatic nitrogens is 2. The second kappa shape index (κ2) is 7.35. The summed E-state index contributed by atoms with van der Waals surface area (Å²) in [4.78, 5) is 0.0917. The van der Waals surface area contributed by atoms with Crippen LogP contribution in [0.1, 0.15) is 23.2 Å². The van der Waals surface area contributed by atoms with Crippen LogP contribution in [-0.2, 0) is 10.0 Å². The number of nitrogens with zero attached hydrogens (tertiary/aromatic N) is 2. The molecule has 0 saturated heterocycles. The maximum atomic E-state index is 12.8. The number of hydrogen-bond acceptors (Lipinski definition) is 5. The number of nitrogens with one attached hydrogen (secondary N) is 1. The van der Waals surface area contributed by atoms with E-state index in [0.717, 1.165) is 11.4 Å². The molecule has 26 heavy (non-hydrogen) atoms. The van der Waals surface area contributed by atoms with Crippen LogP contribution in [0.5, 0.6) is 5.75 Å². The maximum Gasteiger partial charge on any atom is 0.244 e. The number of para-hydroxylation sites is 1. The zero-order chi connectivity index (χ0) is 18.7. The Morgan fingerprint density at radius 1 is 1.23 bits per heavy atom. The fraction of sp³-hybridized carbons (Fsp3) is 0.278. The Morgan fingerprint density at radius 2 is 2.00 bits per heavy atom. The largest absolute Gasteiger partial charge is 0.495 e. The molecule has 3 rings (SSSR count). The summed E-state index contributed by atoms with van der Waals surface area (Å²) in [5, 5.41) is 4.47. The standard InChI is InChI=1S/C18H21N3O4S/c1-13-11-14(2)21(20-13)15(16-8-6-10-25-16)12-19-26(22,23)18-9-5-4-7-17(18)24-3/h4-11,15,19H,12H2,1-3H3. The molecule has 2 heterocycles. The molecule has 2 aromatic heterocycles. The van der Waals surface area contributed by atoms with Gasteiger partial charge < -0.3 is 9.15 Å². The molecule has 0 radical (unpaired) electrons.